The van der Waals surface area contributed by atoms with E-state index in [1.165, 1.54) is 11.3 Å². The van der Waals surface area contributed by atoms with Gasteiger partial charge < -0.3 is 4.90 Å². The second-order valence-electron chi connectivity index (χ2n) is 6.42. The van der Waals surface area contributed by atoms with Crippen molar-refractivity contribution in [3.63, 3.8) is 0 Å². The number of hydrogen-bond acceptors (Lipinski definition) is 4. The number of carbonyl (C=O) groups excluding carboxylic acids is 1. The Kier molecular flexibility index (Phi) is 3.81. The summed E-state index contributed by atoms with van der Waals surface area (Å²) in [5.41, 5.74) is 3.99. The zero-order chi connectivity index (χ0) is 17.8. The number of halogens is 2. The number of thiazole rings is 1. The van der Waals surface area contributed by atoms with E-state index in [2.05, 4.69) is 9.97 Å². The van der Waals surface area contributed by atoms with Gasteiger partial charge in [-0.1, -0.05) is 17.7 Å². The normalized spacial score (nSPS) is 18.5. The lowest BCUT2D eigenvalue weighted by Crippen LogP contribution is -2.29. The molecule has 1 fully saturated rings. The molecule has 0 aliphatic carbocycles. The number of imidazole rings is 1. The molecule has 26 heavy (non-hydrogen) atoms. The molecule has 1 saturated heterocycles. The minimum Gasteiger partial charge on any atom is -0.330 e. The molecule has 2 aliphatic heterocycles. The van der Waals surface area contributed by atoms with Crippen molar-refractivity contribution in [2.45, 2.75) is 24.8 Å². The summed E-state index contributed by atoms with van der Waals surface area (Å²) in [6.07, 6.45) is 3.64. The Morgan fingerprint density at radius 3 is 3.04 bits per heavy atom. The summed E-state index contributed by atoms with van der Waals surface area (Å²) in [4.78, 5) is 24.4. The first-order chi connectivity index (χ1) is 12.7. The van der Waals surface area contributed by atoms with Gasteiger partial charge in [-0.15, -0.1) is 22.9 Å². The number of benzene rings is 1. The van der Waals surface area contributed by atoms with Crippen molar-refractivity contribution in [3.8, 4) is 16.4 Å². The van der Waals surface area contributed by atoms with E-state index in [0.29, 0.717) is 16.5 Å². The third-order valence-electron chi connectivity index (χ3n) is 4.99. The maximum Gasteiger partial charge on any atom is 0.258 e. The fourth-order valence-electron chi connectivity index (χ4n) is 3.87. The molecule has 5 rings (SSSR count). The van der Waals surface area contributed by atoms with E-state index in [9.17, 15) is 4.79 Å². The second kappa shape index (κ2) is 6.08. The van der Waals surface area contributed by atoms with Gasteiger partial charge in [0.15, 0.2) is 0 Å². The van der Waals surface area contributed by atoms with Crippen LogP contribution in [0.3, 0.4) is 0 Å². The van der Waals surface area contributed by atoms with E-state index in [0.717, 1.165) is 47.2 Å². The molecule has 0 unspecified atom stereocenters. The quantitative estimate of drug-likeness (QED) is 0.582. The van der Waals surface area contributed by atoms with Gasteiger partial charge in [0.1, 0.15) is 17.0 Å². The molecule has 0 radical (unpaired) electrons. The lowest BCUT2D eigenvalue weighted by atomic mass is 10.1. The third kappa shape index (κ3) is 2.25. The van der Waals surface area contributed by atoms with Crippen molar-refractivity contribution in [2.75, 3.05) is 6.54 Å². The van der Waals surface area contributed by atoms with E-state index in [4.69, 9.17) is 23.2 Å². The predicted molar refractivity (Wildman–Crippen MR) is 102 cm³/mol. The fourth-order valence-corrected chi connectivity index (χ4v) is 5.17. The topological polar surface area (TPSA) is 51.0 Å². The van der Waals surface area contributed by atoms with Crippen LogP contribution < -0.4 is 0 Å². The molecule has 2 aromatic heterocycles. The number of aromatic nitrogens is 3. The maximum absolute atomic E-state index is 13.2. The summed E-state index contributed by atoms with van der Waals surface area (Å²) in [7, 11) is 0. The minimum absolute atomic E-state index is 0.0108. The van der Waals surface area contributed by atoms with E-state index in [-0.39, 0.29) is 11.9 Å². The van der Waals surface area contributed by atoms with Crippen molar-refractivity contribution < 1.29 is 4.79 Å². The molecule has 8 heteroatoms. The Labute approximate surface area is 164 Å². The Bertz CT molecular complexity index is 1030. The van der Waals surface area contributed by atoms with E-state index in [1.807, 2.05) is 27.0 Å². The van der Waals surface area contributed by atoms with Crippen LogP contribution >= 0.6 is 34.5 Å². The largest absolute Gasteiger partial charge is 0.330 e. The molecule has 0 spiro atoms. The molecule has 1 amide bonds. The Hall–Kier alpha value is -1.89. The number of fused-ring (bicyclic) bond motifs is 5. The first-order valence-electron chi connectivity index (χ1n) is 8.37. The summed E-state index contributed by atoms with van der Waals surface area (Å²) in [5, 5.41) is 3.26. The monoisotopic (exact) mass is 404 g/mol. The van der Waals surface area contributed by atoms with Gasteiger partial charge in [0, 0.05) is 11.9 Å². The maximum atomic E-state index is 13.2. The van der Waals surface area contributed by atoms with Crippen LogP contribution in [-0.4, -0.2) is 31.9 Å². The van der Waals surface area contributed by atoms with Crippen LogP contribution in [0.4, 0.5) is 0 Å². The van der Waals surface area contributed by atoms with Gasteiger partial charge in [-0.05, 0) is 25.0 Å². The summed E-state index contributed by atoms with van der Waals surface area (Å²) in [6, 6.07) is 5.53. The van der Waals surface area contributed by atoms with Crippen LogP contribution in [0.25, 0.3) is 16.4 Å². The molecule has 0 saturated carbocycles. The molecular weight excluding hydrogens is 391 g/mol. The molecule has 1 aromatic carbocycles. The van der Waals surface area contributed by atoms with E-state index < -0.39 is 0 Å². The zero-order valence-corrected chi connectivity index (χ0v) is 16.0. The summed E-state index contributed by atoms with van der Waals surface area (Å²) in [6.45, 7) is 0.726. The number of hydrogen-bond donors (Lipinski definition) is 0. The number of rotatable bonds is 2. The lowest BCUT2D eigenvalue weighted by Gasteiger charge is -2.23. The zero-order valence-electron chi connectivity index (χ0n) is 13.7. The van der Waals surface area contributed by atoms with Crippen molar-refractivity contribution in [1.29, 1.82) is 0 Å². The number of amides is 1. The van der Waals surface area contributed by atoms with Gasteiger partial charge in [0.2, 0.25) is 0 Å². The van der Waals surface area contributed by atoms with Gasteiger partial charge in [0.05, 0.1) is 39.6 Å². The standard InChI is InChI=1S/C18H14Cl2N4OS/c19-7-10-8-26-17(22-10)15-16-13-5-2-6-23(13)18(25)14-11(20)3-1-4-12(14)24(16)9-21-15/h1,3-4,8-9,13H,2,5-7H2/t13-/m0/s1. The summed E-state index contributed by atoms with van der Waals surface area (Å²) in [5.74, 6) is 0.363. The minimum atomic E-state index is -0.0215. The van der Waals surface area contributed by atoms with Crippen molar-refractivity contribution in [3.05, 3.63) is 51.9 Å². The van der Waals surface area contributed by atoms with Crippen molar-refractivity contribution >= 4 is 40.4 Å². The van der Waals surface area contributed by atoms with Gasteiger partial charge in [0.25, 0.3) is 5.91 Å². The van der Waals surface area contributed by atoms with E-state index in [1.54, 1.807) is 12.4 Å². The van der Waals surface area contributed by atoms with Gasteiger partial charge in [-0.3, -0.25) is 9.36 Å². The van der Waals surface area contributed by atoms with Crippen molar-refractivity contribution in [2.24, 2.45) is 0 Å². The molecule has 0 N–H and O–H groups in total. The second-order valence-corrected chi connectivity index (χ2v) is 7.95. The number of alkyl halides is 1. The first kappa shape index (κ1) is 16.3. The van der Waals surface area contributed by atoms with Crippen LogP contribution in [0.2, 0.25) is 5.02 Å². The van der Waals surface area contributed by atoms with Crippen LogP contribution in [0.1, 0.15) is 40.6 Å². The molecule has 3 aromatic rings. The highest BCUT2D eigenvalue weighted by Crippen LogP contribution is 2.43. The predicted octanol–water partition coefficient (Wildman–Crippen LogP) is 4.68. The number of carbonyl (C=O) groups is 1. The van der Waals surface area contributed by atoms with Crippen LogP contribution in [0, 0.1) is 0 Å². The Balaban J connectivity index is 1.78. The van der Waals surface area contributed by atoms with Crippen molar-refractivity contribution in [1.82, 2.24) is 19.4 Å². The third-order valence-corrected chi connectivity index (χ3v) is 6.48. The average Bonchev–Trinajstić information content (AvgIpc) is 3.37. The van der Waals surface area contributed by atoms with Gasteiger partial charge in [-0.2, -0.15) is 0 Å². The molecule has 1 atom stereocenters. The Morgan fingerprint density at radius 2 is 2.23 bits per heavy atom. The highest BCUT2D eigenvalue weighted by atomic mass is 35.5. The highest BCUT2D eigenvalue weighted by Gasteiger charge is 2.40. The summed E-state index contributed by atoms with van der Waals surface area (Å²) >= 11 is 13.9. The molecule has 5 nitrogen and oxygen atoms in total. The van der Waals surface area contributed by atoms with Crippen LogP contribution in [0.5, 0.6) is 0 Å². The molecule has 2 aliphatic rings. The molecule has 4 heterocycles. The molecule has 132 valence electrons. The average molecular weight is 405 g/mol. The van der Waals surface area contributed by atoms with Gasteiger partial charge in [-0.25, -0.2) is 9.97 Å². The summed E-state index contributed by atoms with van der Waals surface area (Å²) < 4.78 is 2.01. The number of nitrogens with zero attached hydrogens (tertiary/aromatic N) is 4. The molecule has 0 bridgehead atoms. The fraction of sp³-hybridized carbons (Fsp3) is 0.278. The Morgan fingerprint density at radius 1 is 1.35 bits per heavy atom. The van der Waals surface area contributed by atoms with Crippen LogP contribution in [-0.2, 0) is 5.88 Å². The van der Waals surface area contributed by atoms with Crippen LogP contribution in [0.15, 0.2) is 29.9 Å². The van der Waals surface area contributed by atoms with E-state index >= 15 is 0 Å². The smallest absolute Gasteiger partial charge is 0.258 e. The first-order valence-corrected chi connectivity index (χ1v) is 10.2. The lowest BCUT2D eigenvalue weighted by molar-refractivity contribution is 0.0739. The molecular formula is C18H14Cl2N4OS. The van der Waals surface area contributed by atoms with Gasteiger partial charge >= 0.3 is 0 Å². The highest BCUT2D eigenvalue weighted by molar-refractivity contribution is 7.13. The SMILES string of the molecule is O=C1c2c(Cl)cccc2-n2cnc(-c3nc(CCl)cs3)c2[C@@H]2CCCN12.